The number of hydrogen-bond donors (Lipinski definition) is 2. The average Bonchev–Trinajstić information content (AvgIpc) is 2.46. The predicted octanol–water partition coefficient (Wildman–Crippen LogP) is 2.15. The first kappa shape index (κ1) is 13.8. The molecular formula is C14H16N4O2. The molecule has 6 nitrogen and oxygen atoms in total. The summed E-state index contributed by atoms with van der Waals surface area (Å²) in [7, 11) is 3.37. The van der Waals surface area contributed by atoms with Crippen LogP contribution in [0.1, 0.15) is 6.92 Å². The van der Waals surface area contributed by atoms with Crippen molar-refractivity contribution in [2.45, 2.75) is 6.92 Å². The molecule has 0 saturated carbocycles. The number of carbonyl (C=O) groups is 1. The maximum atomic E-state index is 11.1. The van der Waals surface area contributed by atoms with Gasteiger partial charge >= 0.3 is 0 Å². The molecule has 1 heterocycles. The Labute approximate surface area is 117 Å². The lowest BCUT2D eigenvalue weighted by Gasteiger charge is -2.10. The summed E-state index contributed by atoms with van der Waals surface area (Å²) in [6.07, 6.45) is 0. The minimum atomic E-state index is -0.127. The molecule has 20 heavy (non-hydrogen) atoms. The van der Waals surface area contributed by atoms with Gasteiger partial charge < -0.3 is 15.4 Å². The maximum absolute atomic E-state index is 11.1. The Morgan fingerprint density at radius 2 is 2.00 bits per heavy atom. The highest BCUT2D eigenvalue weighted by atomic mass is 16.5. The summed E-state index contributed by atoms with van der Waals surface area (Å²) in [6, 6.07) is 9.04. The molecule has 0 spiro atoms. The standard InChI is InChI=1S/C14H16N4O2/c1-9(19)16-10-4-6-13(20-3)11(8-10)12-5-7-14(15-2)18-17-12/h4-8H,1-3H3,(H,15,18)(H,16,19). The second-order valence-corrected chi connectivity index (χ2v) is 4.15. The van der Waals surface area contributed by atoms with Crippen molar-refractivity contribution in [1.29, 1.82) is 0 Å². The lowest BCUT2D eigenvalue weighted by atomic mass is 10.1. The Balaban J connectivity index is 2.43. The Kier molecular flexibility index (Phi) is 4.14. The van der Waals surface area contributed by atoms with E-state index in [-0.39, 0.29) is 5.91 Å². The molecule has 0 aliphatic carbocycles. The van der Waals surface area contributed by atoms with E-state index < -0.39 is 0 Å². The van der Waals surface area contributed by atoms with E-state index in [2.05, 4.69) is 20.8 Å². The molecule has 6 heteroatoms. The number of anilines is 2. The van der Waals surface area contributed by atoms with E-state index in [9.17, 15) is 4.79 Å². The molecule has 2 rings (SSSR count). The first-order valence-electron chi connectivity index (χ1n) is 6.11. The smallest absolute Gasteiger partial charge is 0.221 e. The SMILES string of the molecule is CNc1ccc(-c2cc(NC(C)=O)ccc2OC)nn1. The maximum Gasteiger partial charge on any atom is 0.221 e. The Morgan fingerprint density at radius 3 is 2.55 bits per heavy atom. The fraction of sp³-hybridized carbons (Fsp3) is 0.214. The van der Waals surface area contributed by atoms with Crippen LogP contribution in [0, 0.1) is 0 Å². The second kappa shape index (κ2) is 6.01. The molecule has 2 N–H and O–H groups in total. The van der Waals surface area contributed by atoms with E-state index in [1.54, 1.807) is 26.3 Å². The van der Waals surface area contributed by atoms with Gasteiger partial charge in [0.05, 0.1) is 12.8 Å². The van der Waals surface area contributed by atoms with Crippen molar-refractivity contribution in [2.24, 2.45) is 0 Å². The molecule has 2 aromatic rings. The number of nitrogens with one attached hydrogen (secondary N) is 2. The highest BCUT2D eigenvalue weighted by molar-refractivity contribution is 5.90. The lowest BCUT2D eigenvalue weighted by molar-refractivity contribution is -0.114. The van der Waals surface area contributed by atoms with E-state index >= 15 is 0 Å². The molecule has 0 saturated heterocycles. The third-order valence-corrected chi connectivity index (χ3v) is 2.72. The Bertz CT molecular complexity index is 611. The quantitative estimate of drug-likeness (QED) is 0.892. The molecule has 0 atom stereocenters. The monoisotopic (exact) mass is 272 g/mol. The van der Waals surface area contributed by atoms with Crippen molar-refractivity contribution in [1.82, 2.24) is 10.2 Å². The predicted molar refractivity (Wildman–Crippen MR) is 77.9 cm³/mol. The molecule has 0 aliphatic heterocycles. The van der Waals surface area contributed by atoms with Crippen molar-refractivity contribution in [3.8, 4) is 17.0 Å². The van der Waals surface area contributed by atoms with Gasteiger partial charge in [-0.1, -0.05) is 0 Å². The van der Waals surface area contributed by atoms with Crippen molar-refractivity contribution >= 4 is 17.4 Å². The van der Waals surface area contributed by atoms with E-state index in [1.165, 1.54) is 6.92 Å². The van der Waals surface area contributed by atoms with Crippen LogP contribution in [0.4, 0.5) is 11.5 Å². The zero-order valence-electron chi connectivity index (χ0n) is 11.6. The minimum absolute atomic E-state index is 0.127. The van der Waals surface area contributed by atoms with Crippen LogP contribution in [0.2, 0.25) is 0 Å². The molecule has 0 radical (unpaired) electrons. The van der Waals surface area contributed by atoms with Crippen LogP contribution in [-0.4, -0.2) is 30.3 Å². The van der Waals surface area contributed by atoms with E-state index in [1.807, 2.05) is 18.2 Å². The second-order valence-electron chi connectivity index (χ2n) is 4.15. The number of aromatic nitrogens is 2. The number of ether oxygens (including phenoxy) is 1. The molecule has 0 fully saturated rings. The van der Waals surface area contributed by atoms with Crippen LogP contribution < -0.4 is 15.4 Å². The van der Waals surface area contributed by atoms with Crippen molar-refractivity contribution in [3.05, 3.63) is 30.3 Å². The molecule has 1 aromatic heterocycles. The molecule has 1 aromatic carbocycles. The molecule has 1 amide bonds. The molecular weight excluding hydrogens is 256 g/mol. The summed E-state index contributed by atoms with van der Waals surface area (Å²) in [5.41, 5.74) is 2.13. The number of hydrogen-bond acceptors (Lipinski definition) is 5. The molecule has 104 valence electrons. The zero-order chi connectivity index (χ0) is 14.5. The van der Waals surface area contributed by atoms with Gasteiger partial charge in [0.1, 0.15) is 11.6 Å². The van der Waals surface area contributed by atoms with Crippen LogP contribution in [0.5, 0.6) is 5.75 Å². The van der Waals surface area contributed by atoms with Gasteiger partial charge in [-0.2, -0.15) is 0 Å². The van der Waals surface area contributed by atoms with Crippen molar-refractivity contribution < 1.29 is 9.53 Å². The summed E-state index contributed by atoms with van der Waals surface area (Å²) in [6.45, 7) is 1.46. The van der Waals surface area contributed by atoms with Gasteiger partial charge in [0.25, 0.3) is 0 Å². The minimum Gasteiger partial charge on any atom is -0.496 e. The zero-order valence-corrected chi connectivity index (χ0v) is 11.6. The summed E-state index contributed by atoms with van der Waals surface area (Å²) < 4.78 is 5.32. The normalized spacial score (nSPS) is 9.95. The van der Waals surface area contributed by atoms with Gasteiger partial charge in [-0.25, -0.2) is 0 Å². The number of carbonyl (C=O) groups excluding carboxylic acids is 1. The summed E-state index contributed by atoms with van der Waals surface area (Å²) in [4.78, 5) is 11.1. The van der Waals surface area contributed by atoms with Gasteiger partial charge in [0.15, 0.2) is 0 Å². The summed E-state index contributed by atoms with van der Waals surface area (Å²) >= 11 is 0. The Morgan fingerprint density at radius 1 is 1.20 bits per heavy atom. The first-order chi connectivity index (χ1) is 9.63. The summed E-state index contributed by atoms with van der Waals surface area (Å²) in [5, 5.41) is 13.8. The first-order valence-corrected chi connectivity index (χ1v) is 6.11. The van der Waals surface area contributed by atoms with Crippen LogP contribution in [-0.2, 0) is 4.79 Å². The van der Waals surface area contributed by atoms with E-state index in [0.29, 0.717) is 22.9 Å². The number of benzene rings is 1. The fourth-order valence-corrected chi connectivity index (χ4v) is 1.80. The third kappa shape index (κ3) is 3.03. The average molecular weight is 272 g/mol. The lowest BCUT2D eigenvalue weighted by Crippen LogP contribution is -2.06. The van der Waals surface area contributed by atoms with E-state index in [0.717, 1.165) is 5.56 Å². The van der Waals surface area contributed by atoms with Gasteiger partial charge in [-0.05, 0) is 30.3 Å². The topological polar surface area (TPSA) is 76.1 Å². The van der Waals surface area contributed by atoms with Crippen molar-refractivity contribution in [2.75, 3.05) is 24.8 Å². The molecule has 0 unspecified atom stereocenters. The summed E-state index contributed by atoms with van der Waals surface area (Å²) in [5.74, 6) is 1.23. The van der Waals surface area contributed by atoms with Crippen LogP contribution in [0.25, 0.3) is 11.3 Å². The highest BCUT2D eigenvalue weighted by Crippen LogP contribution is 2.31. The number of rotatable bonds is 4. The van der Waals surface area contributed by atoms with Crippen molar-refractivity contribution in [3.63, 3.8) is 0 Å². The number of amides is 1. The van der Waals surface area contributed by atoms with Gasteiger partial charge in [0, 0.05) is 25.2 Å². The molecule has 0 bridgehead atoms. The highest BCUT2D eigenvalue weighted by Gasteiger charge is 2.10. The van der Waals surface area contributed by atoms with Crippen LogP contribution in [0.3, 0.4) is 0 Å². The third-order valence-electron chi connectivity index (χ3n) is 2.72. The van der Waals surface area contributed by atoms with Crippen LogP contribution >= 0.6 is 0 Å². The molecule has 0 aliphatic rings. The van der Waals surface area contributed by atoms with Gasteiger partial charge in [-0.15, -0.1) is 10.2 Å². The Hall–Kier alpha value is -2.63. The van der Waals surface area contributed by atoms with Crippen LogP contribution in [0.15, 0.2) is 30.3 Å². The van der Waals surface area contributed by atoms with Gasteiger partial charge in [0.2, 0.25) is 5.91 Å². The largest absolute Gasteiger partial charge is 0.496 e. The van der Waals surface area contributed by atoms with Gasteiger partial charge in [-0.3, -0.25) is 4.79 Å². The number of nitrogens with zero attached hydrogens (tertiary/aromatic N) is 2. The number of methoxy groups -OCH3 is 1. The van der Waals surface area contributed by atoms with E-state index in [4.69, 9.17) is 4.74 Å². The fourth-order valence-electron chi connectivity index (χ4n) is 1.80.